The third-order valence-electron chi connectivity index (χ3n) is 3.66. The van der Waals surface area contributed by atoms with Crippen molar-refractivity contribution in [3.63, 3.8) is 0 Å². The molecule has 128 valence electrons. The Bertz CT molecular complexity index is 640. The fourth-order valence-electron chi connectivity index (χ4n) is 2.55. The van der Waals surface area contributed by atoms with E-state index in [1.165, 1.54) is 0 Å². The molecule has 23 heavy (non-hydrogen) atoms. The predicted molar refractivity (Wildman–Crippen MR) is 89.1 cm³/mol. The number of sulfonamides is 1. The van der Waals surface area contributed by atoms with Gasteiger partial charge in [0.25, 0.3) is 5.91 Å². The molecule has 0 spiro atoms. The van der Waals surface area contributed by atoms with Gasteiger partial charge in [-0.25, -0.2) is 13.1 Å². The number of amides is 1. The van der Waals surface area contributed by atoms with Crippen molar-refractivity contribution in [3.8, 4) is 5.75 Å². The number of carbonyl (C=O) groups is 1. The Balaban J connectivity index is 1.85. The number of nitrogens with zero attached hydrogens (tertiary/aromatic N) is 1. The monoisotopic (exact) mass is 360 g/mol. The minimum atomic E-state index is -3.21. The second-order valence-corrected chi connectivity index (χ2v) is 7.92. The topological polar surface area (TPSA) is 75.7 Å². The first-order valence-electron chi connectivity index (χ1n) is 7.43. The molecule has 0 aromatic heterocycles. The van der Waals surface area contributed by atoms with E-state index in [0.29, 0.717) is 36.7 Å². The Labute approximate surface area is 141 Å². The van der Waals surface area contributed by atoms with Gasteiger partial charge >= 0.3 is 0 Å². The van der Waals surface area contributed by atoms with Gasteiger partial charge in [-0.2, -0.15) is 0 Å². The van der Waals surface area contributed by atoms with E-state index in [0.717, 1.165) is 6.26 Å². The minimum absolute atomic E-state index is 0.0993. The van der Waals surface area contributed by atoms with Crippen LogP contribution in [0.15, 0.2) is 24.3 Å². The van der Waals surface area contributed by atoms with Gasteiger partial charge in [0.1, 0.15) is 5.75 Å². The molecule has 2 rings (SSSR count). The number of piperidine rings is 1. The lowest BCUT2D eigenvalue weighted by Gasteiger charge is -2.33. The Hall–Kier alpha value is -1.31. The first-order valence-corrected chi connectivity index (χ1v) is 9.70. The Morgan fingerprint density at radius 2 is 1.87 bits per heavy atom. The standard InChI is InChI=1S/C15H21ClN2O4S/c1-11(22-14-5-3-12(16)4-6-14)15(19)18-9-7-13(8-10-18)17-23(2,20)21/h3-6,11,13,17H,7-10H2,1-2H3. The summed E-state index contributed by atoms with van der Waals surface area (Å²) in [5.74, 6) is 0.488. The molecule has 1 heterocycles. The molecule has 1 aliphatic heterocycles. The zero-order valence-corrected chi connectivity index (χ0v) is 14.7. The number of hydrogen-bond donors (Lipinski definition) is 1. The van der Waals surface area contributed by atoms with Crippen LogP contribution in [0.25, 0.3) is 0 Å². The van der Waals surface area contributed by atoms with Crippen molar-refractivity contribution in [2.75, 3.05) is 19.3 Å². The van der Waals surface area contributed by atoms with Crippen LogP contribution in [0, 0.1) is 0 Å². The average Bonchev–Trinajstić information content (AvgIpc) is 2.48. The van der Waals surface area contributed by atoms with Gasteiger partial charge in [-0.15, -0.1) is 0 Å². The molecular weight excluding hydrogens is 340 g/mol. The van der Waals surface area contributed by atoms with Gasteiger partial charge < -0.3 is 9.64 Å². The zero-order valence-electron chi connectivity index (χ0n) is 13.2. The molecular formula is C15H21ClN2O4S. The van der Waals surface area contributed by atoms with Crippen molar-refractivity contribution < 1.29 is 17.9 Å². The van der Waals surface area contributed by atoms with Crippen LogP contribution in [0.5, 0.6) is 5.75 Å². The van der Waals surface area contributed by atoms with Crippen molar-refractivity contribution >= 4 is 27.5 Å². The van der Waals surface area contributed by atoms with Crippen molar-refractivity contribution in [3.05, 3.63) is 29.3 Å². The average molecular weight is 361 g/mol. The summed E-state index contributed by atoms with van der Waals surface area (Å²) in [4.78, 5) is 14.1. The molecule has 0 bridgehead atoms. The maximum absolute atomic E-state index is 12.4. The van der Waals surface area contributed by atoms with Crippen LogP contribution in [0.3, 0.4) is 0 Å². The fraction of sp³-hybridized carbons (Fsp3) is 0.533. The summed E-state index contributed by atoms with van der Waals surface area (Å²) in [6.07, 6.45) is 1.75. The largest absolute Gasteiger partial charge is 0.481 e. The molecule has 0 saturated carbocycles. The molecule has 1 aromatic carbocycles. The van der Waals surface area contributed by atoms with Crippen LogP contribution in [-0.4, -0.2) is 50.7 Å². The van der Waals surface area contributed by atoms with Crippen molar-refractivity contribution in [2.45, 2.75) is 31.9 Å². The van der Waals surface area contributed by atoms with Crippen LogP contribution in [0.2, 0.25) is 5.02 Å². The lowest BCUT2D eigenvalue weighted by Crippen LogP contribution is -2.49. The number of benzene rings is 1. The highest BCUT2D eigenvalue weighted by molar-refractivity contribution is 7.88. The molecule has 1 saturated heterocycles. The van der Waals surface area contributed by atoms with Gasteiger partial charge in [0.2, 0.25) is 10.0 Å². The van der Waals surface area contributed by atoms with Gasteiger partial charge in [-0.3, -0.25) is 4.79 Å². The molecule has 1 aromatic rings. The summed E-state index contributed by atoms with van der Waals surface area (Å²) in [6.45, 7) is 2.73. The van der Waals surface area contributed by atoms with Crippen LogP contribution >= 0.6 is 11.6 Å². The van der Waals surface area contributed by atoms with Gasteiger partial charge in [-0.05, 0) is 44.0 Å². The molecule has 1 atom stereocenters. The molecule has 1 aliphatic rings. The summed E-state index contributed by atoms with van der Waals surface area (Å²) in [5, 5.41) is 0.608. The van der Waals surface area contributed by atoms with E-state index in [4.69, 9.17) is 16.3 Å². The number of hydrogen-bond acceptors (Lipinski definition) is 4. The highest BCUT2D eigenvalue weighted by Gasteiger charge is 2.28. The lowest BCUT2D eigenvalue weighted by atomic mass is 10.1. The van der Waals surface area contributed by atoms with E-state index in [-0.39, 0.29) is 11.9 Å². The number of rotatable bonds is 5. The molecule has 1 fully saturated rings. The highest BCUT2D eigenvalue weighted by atomic mass is 35.5. The van der Waals surface area contributed by atoms with E-state index >= 15 is 0 Å². The Morgan fingerprint density at radius 3 is 2.39 bits per heavy atom. The molecule has 1 N–H and O–H groups in total. The molecule has 0 radical (unpaired) electrons. The van der Waals surface area contributed by atoms with Gasteiger partial charge in [0, 0.05) is 24.2 Å². The summed E-state index contributed by atoms with van der Waals surface area (Å²) in [7, 11) is -3.21. The van der Waals surface area contributed by atoms with Gasteiger partial charge in [0.05, 0.1) is 6.26 Å². The first kappa shape index (κ1) is 18.0. The molecule has 8 heteroatoms. The smallest absolute Gasteiger partial charge is 0.263 e. The quantitative estimate of drug-likeness (QED) is 0.866. The second-order valence-electron chi connectivity index (χ2n) is 5.70. The Morgan fingerprint density at radius 1 is 1.30 bits per heavy atom. The van der Waals surface area contributed by atoms with E-state index < -0.39 is 16.1 Å². The number of halogens is 1. The molecule has 6 nitrogen and oxygen atoms in total. The highest BCUT2D eigenvalue weighted by Crippen LogP contribution is 2.18. The third-order valence-corrected chi connectivity index (χ3v) is 4.68. The Kier molecular flexibility index (Phi) is 5.89. The number of likely N-dealkylation sites (tertiary alicyclic amines) is 1. The predicted octanol–water partition coefficient (Wildman–Crippen LogP) is 1.65. The number of ether oxygens (including phenoxy) is 1. The van der Waals surface area contributed by atoms with Crippen molar-refractivity contribution in [1.82, 2.24) is 9.62 Å². The lowest BCUT2D eigenvalue weighted by molar-refractivity contribution is -0.139. The maximum Gasteiger partial charge on any atom is 0.263 e. The van der Waals surface area contributed by atoms with E-state index in [1.807, 2.05) is 0 Å². The first-order chi connectivity index (χ1) is 10.7. The molecule has 0 aliphatic carbocycles. The molecule has 1 unspecified atom stereocenters. The van der Waals surface area contributed by atoms with Crippen LogP contribution in [-0.2, 0) is 14.8 Å². The van der Waals surface area contributed by atoms with Crippen molar-refractivity contribution in [2.24, 2.45) is 0 Å². The van der Waals surface area contributed by atoms with Gasteiger partial charge in [-0.1, -0.05) is 11.6 Å². The number of carbonyl (C=O) groups excluding carboxylic acids is 1. The van der Waals surface area contributed by atoms with Gasteiger partial charge in [0.15, 0.2) is 6.10 Å². The maximum atomic E-state index is 12.4. The summed E-state index contributed by atoms with van der Waals surface area (Å²) < 4.78 is 30.7. The summed E-state index contributed by atoms with van der Waals surface area (Å²) in [6, 6.07) is 6.73. The fourth-order valence-corrected chi connectivity index (χ4v) is 3.51. The van der Waals surface area contributed by atoms with Crippen LogP contribution in [0.1, 0.15) is 19.8 Å². The second kappa shape index (κ2) is 7.51. The van der Waals surface area contributed by atoms with Crippen LogP contribution < -0.4 is 9.46 Å². The van der Waals surface area contributed by atoms with E-state index in [2.05, 4.69) is 4.72 Å². The van der Waals surface area contributed by atoms with Crippen LogP contribution in [0.4, 0.5) is 0 Å². The van der Waals surface area contributed by atoms with E-state index in [9.17, 15) is 13.2 Å². The zero-order chi connectivity index (χ0) is 17.0. The summed E-state index contributed by atoms with van der Waals surface area (Å²) >= 11 is 5.81. The summed E-state index contributed by atoms with van der Waals surface area (Å²) in [5.41, 5.74) is 0. The minimum Gasteiger partial charge on any atom is -0.481 e. The van der Waals surface area contributed by atoms with E-state index in [1.54, 1.807) is 36.1 Å². The third kappa shape index (κ3) is 5.67. The SMILES string of the molecule is CC(Oc1ccc(Cl)cc1)C(=O)N1CCC(NS(C)(=O)=O)CC1. The number of nitrogens with one attached hydrogen (secondary N) is 1. The molecule has 1 amide bonds. The normalized spacial score (nSPS) is 17.8. The van der Waals surface area contributed by atoms with Crippen molar-refractivity contribution in [1.29, 1.82) is 0 Å².